The second kappa shape index (κ2) is 7.57. The molecule has 3 aromatic rings. The average Bonchev–Trinajstić information content (AvgIpc) is 3.28. The Balaban J connectivity index is 1.38. The molecule has 0 saturated heterocycles. The zero-order valence-corrected chi connectivity index (χ0v) is 16.5. The van der Waals surface area contributed by atoms with E-state index in [-0.39, 0.29) is 5.91 Å². The molecule has 1 heterocycles. The highest BCUT2D eigenvalue weighted by Crippen LogP contribution is 2.27. The van der Waals surface area contributed by atoms with Crippen molar-refractivity contribution in [2.45, 2.75) is 39.7 Å². The largest absolute Gasteiger partial charge is 0.489 e. The van der Waals surface area contributed by atoms with Gasteiger partial charge < -0.3 is 10.1 Å². The molecule has 0 unspecified atom stereocenters. The summed E-state index contributed by atoms with van der Waals surface area (Å²) in [7, 11) is 0. The number of rotatable bonds is 5. The molecular weight excluding hydrogens is 354 g/mol. The Bertz CT molecular complexity index is 970. The van der Waals surface area contributed by atoms with Gasteiger partial charge in [0.25, 0.3) is 5.91 Å². The van der Waals surface area contributed by atoms with Gasteiger partial charge in [0.2, 0.25) is 0 Å². The minimum Gasteiger partial charge on any atom is -0.489 e. The molecule has 4 rings (SSSR count). The van der Waals surface area contributed by atoms with E-state index >= 15 is 0 Å². The van der Waals surface area contributed by atoms with E-state index in [4.69, 9.17) is 4.74 Å². The van der Waals surface area contributed by atoms with Crippen LogP contribution in [0.1, 0.15) is 43.9 Å². The summed E-state index contributed by atoms with van der Waals surface area (Å²) in [6, 6.07) is 14.3. The predicted octanol–water partition coefficient (Wildman–Crippen LogP) is 5.68. The summed E-state index contributed by atoms with van der Waals surface area (Å²) in [6.45, 7) is 4.54. The standard InChI is InChI=1S/C23H23NO2S/c1-15-8-16(2)10-20(9-15)24-23(25)22-11-17(14-27-22)13-26-21-7-6-18-4-3-5-19(18)12-21/h6-12,14H,3-5,13H2,1-2H3,(H,24,25). The van der Waals surface area contributed by atoms with Gasteiger partial charge in [0.05, 0.1) is 4.88 Å². The molecule has 0 fully saturated rings. The summed E-state index contributed by atoms with van der Waals surface area (Å²) in [5, 5.41) is 4.98. The highest BCUT2D eigenvalue weighted by Gasteiger charge is 2.13. The quantitative estimate of drug-likeness (QED) is 0.621. The van der Waals surface area contributed by atoms with Crippen LogP contribution in [-0.4, -0.2) is 5.91 Å². The lowest BCUT2D eigenvalue weighted by molar-refractivity contribution is 0.103. The molecule has 27 heavy (non-hydrogen) atoms. The van der Waals surface area contributed by atoms with E-state index in [9.17, 15) is 4.79 Å². The number of anilines is 1. The molecule has 1 amide bonds. The molecular formula is C23H23NO2S. The van der Waals surface area contributed by atoms with Crippen LogP contribution in [-0.2, 0) is 19.4 Å². The maximum Gasteiger partial charge on any atom is 0.265 e. The van der Waals surface area contributed by atoms with Gasteiger partial charge in [0, 0.05) is 11.3 Å². The summed E-state index contributed by atoms with van der Waals surface area (Å²) < 4.78 is 5.94. The molecule has 0 radical (unpaired) electrons. The van der Waals surface area contributed by atoms with Crippen molar-refractivity contribution in [2.24, 2.45) is 0 Å². The van der Waals surface area contributed by atoms with Crippen LogP contribution in [0.4, 0.5) is 5.69 Å². The average molecular weight is 378 g/mol. The molecule has 3 nitrogen and oxygen atoms in total. The maximum atomic E-state index is 12.5. The van der Waals surface area contributed by atoms with Gasteiger partial charge in [-0.1, -0.05) is 12.1 Å². The van der Waals surface area contributed by atoms with Crippen molar-refractivity contribution in [1.82, 2.24) is 0 Å². The summed E-state index contributed by atoms with van der Waals surface area (Å²) in [4.78, 5) is 13.2. The number of benzene rings is 2. The number of hydrogen-bond donors (Lipinski definition) is 1. The fourth-order valence-corrected chi connectivity index (χ4v) is 4.41. The highest BCUT2D eigenvalue weighted by molar-refractivity contribution is 7.12. The van der Waals surface area contributed by atoms with Crippen LogP contribution in [0.3, 0.4) is 0 Å². The van der Waals surface area contributed by atoms with Crippen molar-refractivity contribution < 1.29 is 9.53 Å². The number of hydrogen-bond acceptors (Lipinski definition) is 3. The minimum absolute atomic E-state index is 0.0752. The lowest BCUT2D eigenvalue weighted by Gasteiger charge is -2.07. The van der Waals surface area contributed by atoms with Gasteiger partial charge in [-0.3, -0.25) is 4.79 Å². The monoisotopic (exact) mass is 377 g/mol. The molecule has 1 aliphatic rings. The Hall–Kier alpha value is -2.59. The van der Waals surface area contributed by atoms with Crippen LogP contribution in [0.5, 0.6) is 5.75 Å². The van der Waals surface area contributed by atoms with E-state index in [0.29, 0.717) is 11.5 Å². The van der Waals surface area contributed by atoms with E-state index < -0.39 is 0 Å². The topological polar surface area (TPSA) is 38.3 Å². The van der Waals surface area contributed by atoms with Crippen LogP contribution in [0, 0.1) is 13.8 Å². The Kier molecular flexibility index (Phi) is 4.99. The van der Waals surface area contributed by atoms with Crippen LogP contribution < -0.4 is 10.1 Å². The molecule has 0 bridgehead atoms. The Morgan fingerprint density at radius 3 is 2.63 bits per heavy atom. The number of carbonyl (C=O) groups is 1. The number of nitrogens with one attached hydrogen (secondary N) is 1. The molecule has 1 aliphatic carbocycles. The SMILES string of the molecule is Cc1cc(C)cc(NC(=O)c2cc(COc3ccc4c(c3)CCC4)cs2)c1. The summed E-state index contributed by atoms with van der Waals surface area (Å²) in [6.07, 6.45) is 3.56. The number of ether oxygens (including phenoxy) is 1. The predicted molar refractivity (Wildman–Crippen MR) is 111 cm³/mol. The molecule has 0 saturated carbocycles. The van der Waals surface area contributed by atoms with E-state index in [2.05, 4.69) is 23.5 Å². The fraction of sp³-hybridized carbons (Fsp3) is 0.261. The van der Waals surface area contributed by atoms with Gasteiger partial charge >= 0.3 is 0 Å². The van der Waals surface area contributed by atoms with Gasteiger partial charge in [0.15, 0.2) is 0 Å². The van der Waals surface area contributed by atoms with Crippen LogP contribution >= 0.6 is 11.3 Å². The van der Waals surface area contributed by atoms with E-state index in [1.54, 1.807) is 0 Å². The number of amides is 1. The highest BCUT2D eigenvalue weighted by atomic mass is 32.1. The lowest BCUT2D eigenvalue weighted by atomic mass is 10.1. The molecule has 138 valence electrons. The third-order valence-corrected chi connectivity index (χ3v) is 5.81. The van der Waals surface area contributed by atoms with Gasteiger partial charge in [0.1, 0.15) is 12.4 Å². The number of fused-ring (bicyclic) bond motifs is 1. The zero-order chi connectivity index (χ0) is 18.8. The molecule has 0 atom stereocenters. The van der Waals surface area contributed by atoms with Gasteiger partial charge in [-0.25, -0.2) is 0 Å². The molecule has 2 aromatic carbocycles. The summed E-state index contributed by atoms with van der Waals surface area (Å²) >= 11 is 1.45. The number of thiophene rings is 1. The molecule has 1 N–H and O–H groups in total. The van der Waals surface area contributed by atoms with Crippen LogP contribution in [0.2, 0.25) is 0 Å². The van der Waals surface area contributed by atoms with Gasteiger partial charge in [-0.15, -0.1) is 11.3 Å². The summed E-state index contributed by atoms with van der Waals surface area (Å²) in [5.74, 6) is 0.830. The molecule has 4 heteroatoms. The minimum atomic E-state index is -0.0752. The second-order valence-corrected chi connectivity index (χ2v) is 8.13. The Morgan fingerprint density at radius 1 is 1.04 bits per heavy atom. The zero-order valence-electron chi connectivity index (χ0n) is 15.7. The number of carbonyl (C=O) groups excluding carboxylic acids is 1. The van der Waals surface area contributed by atoms with Crippen molar-refractivity contribution >= 4 is 22.9 Å². The third-order valence-electron chi connectivity index (χ3n) is 4.83. The molecule has 1 aromatic heterocycles. The van der Waals surface area contributed by atoms with Crippen molar-refractivity contribution in [1.29, 1.82) is 0 Å². The van der Waals surface area contributed by atoms with Crippen molar-refractivity contribution in [3.63, 3.8) is 0 Å². The van der Waals surface area contributed by atoms with Gasteiger partial charge in [-0.2, -0.15) is 0 Å². The lowest BCUT2D eigenvalue weighted by Crippen LogP contribution is -2.10. The van der Waals surface area contributed by atoms with E-state index in [1.807, 2.05) is 43.5 Å². The molecule has 0 aliphatic heterocycles. The Labute approximate surface area is 164 Å². The third kappa shape index (κ3) is 4.22. The first-order chi connectivity index (χ1) is 13.1. The Morgan fingerprint density at radius 2 is 1.81 bits per heavy atom. The first kappa shape index (κ1) is 17.8. The second-order valence-electron chi connectivity index (χ2n) is 7.22. The van der Waals surface area contributed by atoms with Gasteiger partial charge in [-0.05, 0) is 91.1 Å². The smallest absolute Gasteiger partial charge is 0.265 e. The molecule has 0 spiro atoms. The first-order valence-corrected chi connectivity index (χ1v) is 10.2. The van der Waals surface area contributed by atoms with Crippen LogP contribution in [0.25, 0.3) is 0 Å². The van der Waals surface area contributed by atoms with E-state index in [1.165, 1.54) is 35.3 Å². The maximum absolute atomic E-state index is 12.5. The van der Waals surface area contributed by atoms with E-state index in [0.717, 1.165) is 34.5 Å². The van der Waals surface area contributed by atoms with Crippen LogP contribution in [0.15, 0.2) is 47.8 Å². The summed E-state index contributed by atoms with van der Waals surface area (Å²) in [5.41, 5.74) is 6.99. The number of aryl methyl sites for hydroxylation is 4. The van der Waals surface area contributed by atoms with Crippen molar-refractivity contribution in [3.05, 3.63) is 80.5 Å². The first-order valence-electron chi connectivity index (χ1n) is 9.28. The van der Waals surface area contributed by atoms with Crippen molar-refractivity contribution in [2.75, 3.05) is 5.32 Å². The fourth-order valence-electron chi connectivity index (χ4n) is 3.61. The normalized spacial score (nSPS) is 12.7. The van der Waals surface area contributed by atoms with Crippen molar-refractivity contribution in [3.8, 4) is 5.75 Å².